The van der Waals surface area contributed by atoms with Crippen molar-refractivity contribution in [2.24, 2.45) is 0 Å². The number of fused-ring (bicyclic) bond motifs is 1. The van der Waals surface area contributed by atoms with Gasteiger partial charge in [-0.1, -0.05) is 6.07 Å². The Bertz CT molecular complexity index is 1070. The number of nitrogens with zero attached hydrogens (tertiary/aromatic N) is 2. The molecule has 0 amide bonds. The second-order valence-electron chi connectivity index (χ2n) is 5.58. The Morgan fingerprint density at radius 1 is 1.19 bits per heavy atom. The third kappa shape index (κ3) is 3.05. The van der Waals surface area contributed by atoms with E-state index < -0.39 is 23.3 Å². The molecule has 0 spiro atoms. The molecule has 0 saturated carbocycles. The molecule has 0 fully saturated rings. The zero-order valence-electron chi connectivity index (χ0n) is 13.8. The van der Waals surface area contributed by atoms with E-state index in [2.05, 4.69) is 9.72 Å². The first-order valence-corrected chi connectivity index (χ1v) is 7.51. The number of methoxy groups -OCH3 is 1. The first-order chi connectivity index (χ1) is 12.2. The molecule has 0 radical (unpaired) electrons. The Hall–Kier alpha value is -3.16. The molecule has 3 aromatic rings. The van der Waals surface area contributed by atoms with Gasteiger partial charge in [-0.15, -0.1) is 0 Å². The van der Waals surface area contributed by atoms with Crippen molar-refractivity contribution >= 4 is 16.9 Å². The Balaban J connectivity index is 2.23. The summed E-state index contributed by atoms with van der Waals surface area (Å²) < 4.78 is 44.5. The number of benzene rings is 1. The molecule has 0 N–H and O–H groups in total. The van der Waals surface area contributed by atoms with Crippen molar-refractivity contribution in [3.8, 4) is 5.69 Å². The summed E-state index contributed by atoms with van der Waals surface area (Å²) in [6, 6.07) is 7.28. The number of rotatable bonds is 2. The molecule has 0 saturated heterocycles. The lowest BCUT2D eigenvalue weighted by molar-refractivity contribution is -0.137. The average Bonchev–Trinajstić information content (AvgIpc) is 2.60. The van der Waals surface area contributed by atoms with Gasteiger partial charge in [0.2, 0.25) is 0 Å². The summed E-state index contributed by atoms with van der Waals surface area (Å²) in [7, 11) is 1.21. The fourth-order valence-corrected chi connectivity index (χ4v) is 2.62. The number of carbonyl (C=O) groups excluding carboxylic acids is 1. The van der Waals surface area contributed by atoms with Crippen molar-refractivity contribution < 1.29 is 22.7 Å². The molecule has 0 bridgehead atoms. The number of alkyl halides is 3. The van der Waals surface area contributed by atoms with Crippen LogP contribution in [0.3, 0.4) is 0 Å². The molecule has 0 unspecified atom stereocenters. The predicted octanol–water partition coefficient (Wildman–Crippen LogP) is 3.50. The van der Waals surface area contributed by atoms with Gasteiger partial charge < -0.3 is 4.74 Å². The largest absolute Gasteiger partial charge is 0.465 e. The number of aromatic nitrogens is 2. The first-order valence-electron chi connectivity index (χ1n) is 7.51. The number of hydrogen-bond acceptors (Lipinski definition) is 4. The lowest BCUT2D eigenvalue weighted by atomic mass is 10.1. The number of pyridine rings is 2. The second-order valence-corrected chi connectivity index (χ2v) is 5.58. The standard InChI is InChI=1S/C18H13F3N2O3/c1-10-13(17(25)26-2)9-14-15(22-10)6-7-23(16(14)24)12-5-3-4-11(8-12)18(19,20)21/h3-9H,1-2H3. The normalized spacial score (nSPS) is 11.6. The third-order valence-corrected chi connectivity index (χ3v) is 3.93. The van der Waals surface area contributed by atoms with Crippen LogP contribution in [0.1, 0.15) is 21.6 Å². The van der Waals surface area contributed by atoms with E-state index in [0.29, 0.717) is 11.2 Å². The minimum atomic E-state index is -4.52. The maximum atomic E-state index is 12.9. The van der Waals surface area contributed by atoms with Gasteiger partial charge in [-0.2, -0.15) is 13.2 Å². The number of esters is 1. The van der Waals surface area contributed by atoms with Crippen LogP contribution in [0.2, 0.25) is 0 Å². The van der Waals surface area contributed by atoms with Crippen molar-refractivity contribution in [3.05, 3.63) is 69.8 Å². The highest BCUT2D eigenvalue weighted by Crippen LogP contribution is 2.30. The fraction of sp³-hybridized carbons (Fsp3) is 0.167. The minimum absolute atomic E-state index is 0.0620. The van der Waals surface area contributed by atoms with Gasteiger partial charge in [-0.3, -0.25) is 14.3 Å². The Labute approximate surface area is 145 Å². The second kappa shape index (κ2) is 6.29. The minimum Gasteiger partial charge on any atom is -0.465 e. The highest BCUT2D eigenvalue weighted by Gasteiger charge is 2.30. The van der Waals surface area contributed by atoms with Crippen LogP contribution in [0, 0.1) is 6.92 Å². The molecular weight excluding hydrogens is 349 g/mol. The van der Waals surface area contributed by atoms with Gasteiger partial charge in [-0.25, -0.2) is 4.79 Å². The van der Waals surface area contributed by atoms with Gasteiger partial charge >= 0.3 is 12.1 Å². The van der Waals surface area contributed by atoms with Crippen LogP contribution in [0.4, 0.5) is 13.2 Å². The lowest BCUT2D eigenvalue weighted by Gasteiger charge is -2.12. The van der Waals surface area contributed by atoms with Crippen LogP contribution in [-0.2, 0) is 10.9 Å². The first kappa shape index (κ1) is 17.7. The van der Waals surface area contributed by atoms with Crippen LogP contribution in [-0.4, -0.2) is 22.6 Å². The topological polar surface area (TPSA) is 61.2 Å². The predicted molar refractivity (Wildman–Crippen MR) is 88.4 cm³/mol. The molecule has 0 aliphatic rings. The number of halogens is 3. The Morgan fingerprint density at radius 3 is 2.58 bits per heavy atom. The number of ether oxygens (including phenoxy) is 1. The van der Waals surface area contributed by atoms with Gasteiger partial charge in [0.05, 0.1) is 34.8 Å². The summed E-state index contributed by atoms with van der Waals surface area (Å²) in [5.74, 6) is -0.647. The summed E-state index contributed by atoms with van der Waals surface area (Å²) in [4.78, 5) is 28.8. The maximum absolute atomic E-state index is 12.9. The SMILES string of the molecule is COC(=O)c1cc2c(=O)n(-c3cccc(C(F)(F)F)c3)ccc2nc1C. The van der Waals surface area contributed by atoms with Crippen LogP contribution < -0.4 is 5.56 Å². The van der Waals surface area contributed by atoms with Crippen LogP contribution in [0.25, 0.3) is 16.6 Å². The Morgan fingerprint density at radius 2 is 1.92 bits per heavy atom. The lowest BCUT2D eigenvalue weighted by Crippen LogP contribution is -2.19. The smallest absolute Gasteiger partial charge is 0.416 e. The van der Waals surface area contributed by atoms with E-state index in [1.165, 1.54) is 37.6 Å². The highest BCUT2D eigenvalue weighted by molar-refractivity contribution is 5.94. The van der Waals surface area contributed by atoms with Gasteiger partial charge in [0, 0.05) is 11.9 Å². The van der Waals surface area contributed by atoms with Crippen molar-refractivity contribution in [3.63, 3.8) is 0 Å². The van der Waals surface area contributed by atoms with E-state index in [1.54, 1.807) is 6.92 Å². The van der Waals surface area contributed by atoms with Crippen LogP contribution >= 0.6 is 0 Å². The summed E-state index contributed by atoms with van der Waals surface area (Å²) in [5.41, 5.74) is -0.534. The quantitative estimate of drug-likeness (QED) is 0.655. The zero-order chi connectivity index (χ0) is 19.1. The molecule has 3 rings (SSSR count). The molecule has 5 nitrogen and oxygen atoms in total. The van der Waals surface area contributed by atoms with Gasteiger partial charge in [-0.05, 0) is 37.3 Å². The number of carbonyl (C=O) groups is 1. The highest BCUT2D eigenvalue weighted by atomic mass is 19.4. The molecule has 2 heterocycles. The summed E-state index contributed by atoms with van der Waals surface area (Å²) in [6.07, 6.45) is -3.17. The van der Waals surface area contributed by atoms with E-state index in [4.69, 9.17) is 0 Å². The van der Waals surface area contributed by atoms with Gasteiger partial charge in [0.25, 0.3) is 5.56 Å². The molecule has 0 atom stereocenters. The van der Waals surface area contributed by atoms with E-state index in [0.717, 1.165) is 16.7 Å². The molecule has 2 aromatic heterocycles. The molecule has 0 aliphatic carbocycles. The van der Waals surface area contributed by atoms with Crippen molar-refractivity contribution in [2.45, 2.75) is 13.1 Å². The zero-order valence-corrected chi connectivity index (χ0v) is 13.8. The molecular formula is C18H13F3N2O3. The Kier molecular flexibility index (Phi) is 4.27. The van der Waals surface area contributed by atoms with Crippen molar-refractivity contribution in [1.82, 2.24) is 9.55 Å². The maximum Gasteiger partial charge on any atom is 0.416 e. The van der Waals surface area contributed by atoms with E-state index in [9.17, 15) is 22.8 Å². The summed E-state index contributed by atoms with van der Waals surface area (Å²) >= 11 is 0. The fourth-order valence-electron chi connectivity index (χ4n) is 2.62. The monoisotopic (exact) mass is 362 g/mol. The molecule has 0 aliphatic heterocycles. The number of hydrogen-bond donors (Lipinski definition) is 0. The number of aryl methyl sites for hydroxylation is 1. The third-order valence-electron chi connectivity index (χ3n) is 3.93. The summed E-state index contributed by atoms with van der Waals surface area (Å²) in [6.45, 7) is 1.60. The molecule has 26 heavy (non-hydrogen) atoms. The molecule has 134 valence electrons. The molecule has 1 aromatic carbocycles. The average molecular weight is 362 g/mol. The van der Waals surface area contributed by atoms with Gasteiger partial charge in [0.15, 0.2) is 0 Å². The van der Waals surface area contributed by atoms with E-state index in [-0.39, 0.29) is 16.6 Å². The van der Waals surface area contributed by atoms with Crippen LogP contribution in [0.5, 0.6) is 0 Å². The summed E-state index contributed by atoms with van der Waals surface area (Å²) in [5, 5.41) is 0.107. The van der Waals surface area contributed by atoms with Crippen LogP contribution in [0.15, 0.2) is 47.4 Å². The van der Waals surface area contributed by atoms with Crippen molar-refractivity contribution in [2.75, 3.05) is 7.11 Å². The van der Waals surface area contributed by atoms with E-state index in [1.807, 2.05) is 0 Å². The van der Waals surface area contributed by atoms with Gasteiger partial charge in [0.1, 0.15) is 0 Å². The molecule has 8 heteroatoms. The van der Waals surface area contributed by atoms with Crippen molar-refractivity contribution in [1.29, 1.82) is 0 Å². The van der Waals surface area contributed by atoms with E-state index >= 15 is 0 Å².